The van der Waals surface area contributed by atoms with Crippen molar-refractivity contribution < 1.29 is 19.3 Å². The minimum Gasteiger partial charge on any atom is -0.396 e. The summed E-state index contributed by atoms with van der Waals surface area (Å²) >= 11 is 0. The summed E-state index contributed by atoms with van der Waals surface area (Å²) in [5, 5.41) is 8.97. The van der Waals surface area contributed by atoms with Crippen LogP contribution in [0.25, 0.3) is 0 Å². The number of aliphatic hydroxyl groups excluding tert-OH is 1. The van der Waals surface area contributed by atoms with Crippen molar-refractivity contribution in [2.45, 2.75) is 52.2 Å². The van der Waals surface area contributed by atoms with Gasteiger partial charge in [-0.15, -0.1) is 0 Å². The molecule has 4 nitrogen and oxygen atoms in total. The van der Waals surface area contributed by atoms with Crippen molar-refractivity contribution in [2.75, 3.05) is 33.5 Å². The van der Waals surface area contributed by atoms with Crippen molar-refractivity contribution in [3.8, 4) is 0 Å². The first-order valence-corrected chi connectivity index (χ1v) is 6.82. The van der Waals surface area contributed by atoms with E-state index in [1.54, 1.807) is 7.11 Å². The van der Waals surface area contributed by atoms with Crippen molar-refractivity contribution in [1.82, 2.24) is 0 Å². The van der Waals surface area contributed by atoms with Crippen molar-refractivity contribution in [2.24, 2.45) is 5.92 Å². The van der Waals surface area contributed by atoms with Crippen LogP contribution in [0, 0.1) is 5.92 Å². The maximum absolute atomic E-state index is 8.97. The Bertz CT molecular complexity index is 194. The van der Waals surface area contributed by atoms with Crippen molar-refractivity contribution in [3.63, 3.8) is 0 Å². The van der Waals surface area contributed by atoms with Gasteiger partial charge in [0.25, 0.3) is 0 Å². The highest BCUT2D eigenvalue weighted by molar-refractivity contribution is 4.71. The molecule has 110 valence electrons. The zero-order valence-corrected chi connectivity index (χ0v) is 12.6. The molecular weight excluding hydrogens is 232 g/mol. The third-order valence-corrected chi connectivity index (χ3v) is 3.25. The Morgan fingerprint density at radius 1 is 1.22 bits per heavy atom. The molecule has 0 rings (SSSR count). The highest BCUT2D eigenvalue weighted by Gasteiger charge is 2.23. The van der Waals surface area contributed by atoms with Gasteiger partial charge in [0.15, 0.2) is 0 Å². The SMILES string of the molecule is CCC(C)C(COC(C)(C)CCO)OCCOC. The molecule has 2 atom stereocenters. The fourth-order valence-corrected chi connectivity index (χ4v) is 1.57. The maximum atomic E-state index is 8.97. The Hall–Kier alpha value is -0.160. The first-order valence-electron chi connectivity index (χ1n) is 6.82. The lowest BCUT2D eigenvalue weighted by atomic mass is 10.0. The molecule has 2 unspecified atom stereocenters. The number of ether oxygens (including phenoxy) is 3. The van der Waals surface area contributed by atoms with Gasteiger partial charge in [-0.2, -0.15) is 0 Å². The Labute approximate surface area is 112 Å². The van der Waals surface area contributed by atoms with Crippen LogP contribution in [0.4, 0.5) is 0 Å². The summed E-state index contributed by atoms with van der Waals surface area (Å²) in [5.74, 6) is 0.451. The molecule has 18 heavy (non-hydrogen) atoms. The van der Waals surface area contributed by atoms with E-state index >= 15 is 0 Å². The van der Waals surface area contributed by atoms with Gasteiger partial charge in [0.2, 0.25) is 0 Å². The third kappa shape index (κ3) is 8.03. The number of hydrogen-bond donors (Lipinski definition) is 1. The molecule has 1 N–H and O–H groups in total. The van der Waals surface area contributed by atoms with E-state index < -0.39 is 0 Å². The molecule has 0 saturated carbocycles. The smallest absolute Gasteiger partial charge is 0.0835 e. The van der Waals surface area contributed by atoms with Crippen LogP contribution in [0.2, 0.25) is 0 Å². The van der Waals surface area contributed by atoms with Crippen LogP contribution in [0.3, 0.4) is 0 Å². The van der Waals surface area contributed by atoms with E-state index in [4.69, 9.17) is 19.3 Å². The lowest BCUT2D eigenvalue weighted by molar-refractivity contribution is -0.107. The van der Waals surface area contributed by atoms with E-state index in [0.717, 1.165) is 6.42 Å². The van der Waals surface area contributed by atoms with Gasteiger partial charge in [0.05, 0.1) is 31.5 Å². The van der Waals surface area contributed by atoms with Gasteiger partial charge in [0, 0.05) is 13.7 Å². The second kappa shape index (κ2) is 9.73. The van der Waals surface area contributed by atoms with Crippen LogP contribution in [0.1, 0.15) is 40.5 Å². The number of hydrogen-bond acceptors (Lipinski definition) is 4. The molecule has 0 aliphatic rings. The van der Waals surface area contributed by atoms with Crippen LogP contribution in [-0.2, 0) is 14.2 Å². The average molecular weight is 262 g/mol. The predicted molar refractivity (Wildman–Crippen MR) is 72.8 cm³/mol. The van der Waals surface area contributed by atoms with Crippen molar-refractivity contribution in [3.05, 3.63) is 0 Å². The highest BCUT2D eigenvalue weighted by atomic mass is 16.6. The first kappa shape index (κ1) is 17.8. The third-order valence-electron chi connectivity index (χ3n) is 3.25. The number of methoxy groups -OCH3 is 1. The van der Waals surface area contributed by atoms with Gasteiger partial charge in [-0.3, -0.25) is 0 Å². The fourth-order valence-electron chi connectivity index (χ4n) is 1.57. The minimum absolute atomic E-state index is 0.0862. The Balaban J connectivity index is 4.14. The lowest BCUT2D eigenvalue weighted by Crippen LogP contribution is -2.35. The molecule has 4 heteroatoms. The molecule has 0 bridgehead atoms. The standard InChI is InChI=1S/C14H30O4/c1-6-12(2)13(17-10-9-16-5)11-18-14(3,4)7-8-15/h12-13,15H,6-11H2,1-5H3. The molecule has 0 aliphatic carbocycles. The molecule has 0 spiro atoms. The molecular formula is C14H30O4. The Kier molecular flexibility index (Phi) is 9.64. The summed E-state index contributed by atoms with van der Waals surface area (Å²) in [7, 11) is 1.67. The van der Waals surface area contributed by atoms with Crippen LogP contribution >= 0.6 is 0 Å². The maximum Gasteiger partial charge on any atom is 0.0835 e. The first-order chi connectivity index (χ1) is 8.46. The molecule has 0 radical (unpaired) electrons. The average Bonchev–Trinajstić information content (AvgIpc) is 2.32. The minimum atomic E-state index is -0.301. The molecule has 0 amide bonds. The summed E-state index contributed by atoms with van der Waals surface area (Å²) in [6, 6.07) is 0. The summed E-state index contributed by atoms with van der Waals surface area (Å²) in [6.45, 7) is 10.2. The van der Waals surface area contributed by atoms with Crippen LogP contribution in [0.5, 0.6) is 0 Å². The fraction of sp³-hybridized carbons (Fsp3) is 1.00. The van der Waals surface area contributed by atoms with Crippen molar-refractivity contribution >= 4 is 0 Å². The van der Waals surface area contributed by atoms with Crippen LogP contribution in [0.15, 0.2) is 0 Å². The molecule has 0 aromatic rings. The summed E-state index contributed by atoms with van der Waals surface area (Å²) in [4.78, 5) is 0. The van der Waals surface area contributed by atoms with E-state index in [-0.39, 0.29) is 18.3 Å². The predicted octanol–water partition coefficient (Wildman–Crippen LogP) is 2.24. The number of rotatable bonds is 11. The second-order valence-corrected chi connectivity index (χ2v) is 5.33. The van der Waals surface area contributed by atoms with Crippen LogP contribution in [-0.4, -0.2) is 50.3 Å². The van der Waals surface area contributed by atoms with Gasteiger partial charge >= 0.3 is 0 Å². The van der Waals surface area contributed by atoms with E-state index in [9.17, 15) is 0 Å². The topological polar surface area (TPSA) is 47.9 Å². The summed E-state index contributed by atoms with van der Waals surface area (Å²) in [5.41, 5.74) is -0.301. The van der Waals surface area contributed by atoms with Gasteiger partial charge in [-0.05, 0) is 26.2 Å². The summed E-state index contributed by atoms with van der Waals surface area (Å²) in [6.07, 6.45) is 1.78. The largest absolute Gasteiger partial charge is 0.396 e. The van der Waals surface area contributed by atoms with Gasteiger partial charge in [-0.25, -0.2) is 0 Å². The molecule has 0 aromatic carbocycles. The van der Waals surface area contributed by atoms with E-state index in [2.05, 4.69) is 13.8 Å². The van der Waals surface area contributed by atoms with E-state index in [1.807, 2.05) is 13.8 Å². The zero-order chi connectivity index (χ0) is 14.0. The monoisotopic (exact) mass is 262 g/mol. The molecule has 0 aromatic heterocycles. The molecule has 0 saturated heterocycles. The Morgan fingerprint density at radius 3 is 2.39 bits per heavy atom. The second-order valence-electron chi connectivity index (χ2n) is 5.33. The van der Waals surface area contributed by atoms with E-state index in [1.165, 1.54) is 0 Å². The Morgan fingerprint density at radius 2 is 1.89 bits per heavy atom. The summed E-state index contributed by atoms with van der Waals surface area (Å²) < 4.78 is 16.6. The number of aliphatic hydroxyl groups is 1. The lowest BCUT2D eigenvalue weighted by Gasteiger charge is -2.30. The zero-order valence-electron chi connectivity index (χ0n) is 12.6. The van der Waals surface area contributed by atoms with Crippen molar-refractivity contribution in [1.29, 1.82) is 0 Å². The van der Waals surface area contributed by atoms with Crippen LogP contribution < -0.4 is 0 Å². The molecule has 0 fully saturated rings. The quantitative estimate of drug-likeness (QED) is 0.580. The molecule has 0 heterocycles. The highest BCUT2D eigenvalue weighted by Crippen LogP contribution is 2.18. The molecule has 0 aliphatic heterocycles. The normalized spacial score (nSPS) is 15.7. The van der Waals surface area contributed by atoms with Gasteiger partial charge < -0.3 is 19.3 Å². The van der Waals surface area contributed by atoms with Gasteiger partial charge in [0.1, 0.15) is 0 Å². The van der Waals surface area contributed by atoms with E-state index in [0.29, 0.717) is 32.2 Å². The van der Waals surface area contributed by atoms with Gasteiger partial charge in [-0.1, -0.05) is 20.3 Å².